The number of hydrogen-bond acceptors (Lipinski definition) is 4. The van der Waals surface area contributed by atoms with E-state index in [1.165, 1.54) is 12.8 Å². The Hall–Kier alpha value is -1.63. The van der Waals surface area contributed by atoms with Gasteiger partial charge in [0.05, 0.1) is 0 Å². The van der Waals surface area contributed by atoms with E-state index < -0.39 is 0 Å². The Kier molecular flexibility index (Phi) is 2.82. The van der Waals surface area contributed by atoms with Crippen molar-refractivity contribution in [3.8, 4) is 6.07 Å². The van der Waals surface area contributed by atoms with Crippen molar-refractivity contribution in [2.24, 2.45) is 0 Å². The summed E-state index contributed by atoms with van der Waals surface area (Å²) in [6.45, 7) is 3.09. The van der Waals surface area contributed by atoms with Crippen molar-refractivity contribution in [1.82, 2.24) is 9.97 Å². The molecule has 15 heavy (non-hydrogen) atoms. The van der Waals surface area contributed by atoms with Gasteiger partial charge in [-0.15, -0.1) is 0 Å². The third-order valence-electron chi connectivity index (χ3n) is 2.51. The molecule has 0 atom stereocenters. The quantitative estimate of drug-likeness (QED) is 0.746. The molecule has 0 aliphatic heterocycles. The highest BCUT2D eigenvalue weighted by molar-refractivity contribution is 5.51. The maximum atomic E-state index is 8.96. The predicted molar refractivity (Wildman–Crippen MR) is 57.4 cm³/mol. The lowest BCUT2D eigenvalue weighted by atomic mass is 10.3. The molecule has 0 bridgehead atoms. The van der Waals surface area contributed by atoms with E-state index in [2.05, 4.69) is 27.9 Å². The van der Waals surface area contributed by atoms with Gasteiger partial charge in [0.2, 0.25) is 0 Å². The topological polar surface area (TPSA) is 52.8 Å². The Morgan fingerprint density at radius 2 is 2.20 bits per heavy atom. The van der Waals surface area contributed by atoms with Crippen LogP contribution in [0, 0.1) is 11.3 Å². The van der Waals surface area contributed by atoms with Crippen LogP contribution in [0.1, 0.15) is 31.9 Å². The van der Waals surface area contributed by atoms with Crippen molar-refractivity contribution in [3.05, 3.63) is 18.1 Å². The Bertz CT molecular complexity index is 378. The second-order valence-corrected chi connectivity index (χ2v) is 3.76. The number of aromatic nitrogens is 2. The minimum Gasteiger partial charge on any atom is -0.351 e. The van der Waals surface area contributed by atoms with Crippen LogP contribution in [0.4, 0.5) is 5.82 Å². The van der Waals surface area contributed by atoms with Crippen LogP contribution < -0.4 is 4.90 Å². The van der Waals surface area contributed by atoms with Crippen molar-refractivity contribution in [1.29, 1.82) is 5.26 Å². The van der Waals surface area contributed by atoms with Crippen molar-refractivity contribution in [2.45, 2.75) is 32.2 Å². The average molecular weight is 202 g/mol. The molecule has 1 aromatic heterocycles. The maximum Gasteiger partial charge on any atom is 0.183 e. The monoisotopic (exact) mass is 202 g/mol. The van der Waals surface area contributed by atoms with E-state index in [1.807, 2.05) is 0 Å². The van der Waals surface area contributed by atoms with Crippen LogP contribution in [0.2, 0.25) is 0 Å². The molecule has 1 aliphatic carbocycles. The second-order valence-electron chi connectivity index (χ2n) is 3.76. The zero-order valence-corrected chi connectivity index (χ0v) is 8.85. The summed E-state index contributed by atoms with van der Waals surface area (Å²) in [5.74, 6) is 0.754. The summed E-state index contributed by atoms with van der Waals surface area (Å²) in [7, 11) is 0. The largest absolute Gasteiger partial charge is 0.351 e. The summed E-state index contributed by atoms with van der Waals surface area (Å²) in [4.78, 5) is 10.5. The molecule has 1 heterocycles. The van der Waals surface area contributed by atoms with Crippen molar-refractivity contribution < 1.29 is 0 Å². The molecular weight excluding hydrogens is 188 g/mol. The molecule has 4 nitrogen and oxygen atoms in total. The lowest BCUT2D eigenvalue weighted by molar-refractivity contribution is 0.746. The standard InChI is InChI=1S/C11H14N4/c1-2-7-15(9-3-4-9)11-10(8-12)13-5-6-14-11/h5-6,9H,2-4,7H2,1H3. The molecule has 0 aromatic carbocycles. The molecule has 2 rings (SSSR count). The fourth-order valence-electron chi connectivity index (χ4n) is 1.71. The number of nitriles is 1. The number of hydrogen-bond donors (Lipinski definition) is 0. The van der Waals surface area contributed by atoms with Crippen molar-refractivity contribution in [2.75, 3.05) is 11.4 Å². The molecule has 0 saturated heterocycles. The van der Waals surface area contributed by atoms with Crippen LogP contribution in [0.25, 0.3) is 0 Å². The molecule has 1 fully saturated rings. The van der Waals surface area contributed by atoms with Gasteiger partial charge >= 0.3 is 0 Å². The van der Waals surface area contributed by atoms with E-state index in [0.29, 0.717) is 11.7 Å². The van der Waals surface area contributed by atoms with Crippen molar-refractivity contribution in [3.63, 3.8) is 0 Å². The third-order valence-corrected chi connectivity index (χ3v) is 2.51. The summed E-state index contributed by atoms with van der Waals surface area (Å²) < 4.78 is 0. The molecule has 0 radical (unpaired) electrons. The molecular formula is C11H14N4. The van der Waals surface area contributed by atoms with Gasteiger partial charge in [-0.1, -0.05) is 6.92 Å². The van der Waals surface area contributed by atoms with Crippen LogP contribution in [0.3, 0.4) is 0 Å². The summed E-state index contributed by atoms with van der Waals surface area (Å²) >= 11 is 0. The maximum absolute atomic E-state index is 8.96. The first-order valence-corrected chi connectivity index (χ1v) is 5.34. The Balaban J connectivity index is 2.28. The summed E-state index contributed by atoms with van der Waals surface area (Å²) in [5, 5.41) is 8.96. The van der Waals surface area contributed by atoms with Gasteiger partial charge in [-0.25, -0.2) is 9.97 Å². The number of anilines is 1. The highest BCUT2D eigenvalue weighted by Gasteiger charge is 2.30. The first-order chi connectivity index (χ1) is 7.36. The molecule has 0 amide bonds. The van der Waals surface area contributed by atoms with Gasteiger partial charge in [-0.3, -0.25) is 0 Å². The van der Waals surface area contributed by atoms with Gasteiger partial charge in [0, 0.05) is 25.0 Å². The fraction of sp³-hybridized carbons (Fsp3) is 0.545. The summed E-state index contributed by atoms with van der Waals surface area (Å²) in [5.41, 5.74) is 0.442. The lowest BCUT2D eigenvalue weighted by Crippen LogP contribution is -2.28. The highest BCUT2D eigenvalue weighted by Crippen LogP contribution is 2.31. The Morgan fingerprint density at radius 1 is 1.47 bits per heavy atom. The minimum absolute atomic E-state index is 0.442. The van der Waals surface area contributed by atoms with Crippen LogP contribution >= 0.6 is 0 Å². The molecule has 1 aromatic rings. The summed E-state index contributed by atoms with van der Waals surface area (Å²) in [6.07, 6.45) is 6.71. The van der Waals surface area contributed by atoms with Gasteiger partial charge in [0.1, 0.15) is 6.07 Å². The molecule has 4 heteroatoms. The first-order valence-electron chi connectivity index (χ1n) is 5.34. The second kappa shape index (κ2) is 4.26. The van der Waals surface area contributed by atoms with Gasteiger partial charge < -0.3 is 4.90 Å². The van der Waals surface area contributed by atoms with Gasteiger partial charge in [-0.05, 0) is 19.3 Å². The number of rotatable bonds is 4. The smallest absolute Gasteiger partial charge is 0.183 e. The van der Waals surface area contributed by atoms with E-state index in [9.17, 15) is 0 Å². The average Bonchev–Trinajstić information content (AvgIpc) is 3.10. The van der Waals surface area contributed by atoms with E-state index in [4.69, 9.17) is 5.26 Å². The number of nitrogens with zero attached hydrogens (tertiary/aromatic N) is 4. The van der Waals surface area contributed by atoms with Gasteiger partial charge in [0.25, 0.3) is 0 Å². The first kappa shape index (κ1) is 9.91. The van der Waals surface area contributed by atoms with Crippen LogP contribution in [-0.2, 0) is 0 Å². The Morgan fingerprint density at radius 3 is 2.80 bits per heavy atom. The molecule has 1 aliphatic rings. The zero-order chi connectivity index (χ0) is 10.7. The predicted octanol–water partition coefficient (Wildman–Crippen LogP) is 1.73. The van der Waals surface area contributed by atoms with Gasteiger partial charge in [-0.2, -0.15) is 5.26 Å². The van der Waals surface area contributed by atoms with E-state index in [0.717, 1.165) is 18.8 Å². The van der Waals surface area contributed by atoms with Crippen LogP contribution in [-0.4, -0.2) is 22.6 Å². The SMILES string of the molecule is CCCN(c1nccnc1C#N)C1CC1. The molecule has 0 N–H and O–H groups in total. The molecule has 1 saturated carbocycles. The lowest BCUT2D eigenvalue weighted by Gasteiger charge is -2.22. The van der Waals surface area contributed by atoms with Crippen LogP contribution in [0.5, 0.6) is 0 Å². The fourth-order valence-corrected chi connectivity index (χ4v) is 1.71. The summed E-state index contributed by atoms with van der Waals surface area (Å²) in [6, 6.07) is 2.68. The van der Waals surface area contributed by atoms with E-state index in [-0.39, 0.29) is 0 Å². The zero-order valence-electron chi connectivity index (χ0n) is 8.85. The van der Waals surface area contributed by atoms with Crippen LogP contribution in [0.15, 0.2) is 12.4 Å². The van der Waals surface area contributed by atoms with E-state index in [1.54, 1.807) is 12.4 Å². The van der Waals surface area contributed by atoms with Crippen molar-refractivity contribution >= 4 is 5.82 Å². The molecule has 0 unspecified atom stereocenters. The van der Waals surface area contributed by atoms with Gasteiger partial charge in [0.15, 0.2) is 11.5 Å². The molecule has 78 valence electrons. The highest BCUT2D eigenvalue weighted by atomic mass is 15.2. The minimum atomic E-state index is 0.442. The van der Waals surface area contributed by atoms with E-state index >= 15 is 0 Å². The normalized spacial score (nSPS) is 14.7. The third kappa shape index (κ3) is 2.07. The molecule has 0 spiro atoms. The Labute approximate surface area is 89.6 Å².